The molecule has 0 bridgehead atoms. The zero-order valence-electron chi connectivity index (χ0n) is 15.7. The predicted octanol–water partition coefficient (Wildman–Crippen LogP) is -0.337. The van der Waals surface area contributed by atoms with Crippen molar-refractivity contribution in [3.05, 3.63) is 11.3 Å². The van der Waals surface area contributed by atoms with Gasteiger partial charge < -0.3 is 17.1 Å². The second-order valence-electron chi connectivity index (χ2n) is 7.44. The Balaban J connectivity index is 0.00000225. The third-order valence-corrected chi connectivity index (χ3v) is 5.76. The first-order valence-corrected chi connectivity index (χ1v) is 9.63. The summed E-state index contributed by atoms with van der Waals surface area (Å²) in [6.07, 6.45) is 11.3. The summed E-state index contributed by atoms with van der Waals surface area (Å²) in [5, 5.41) is 7.14. The van der Waals surface area contributed by atoms with Crippen molar-refractivity contribution < 1.29 is 26.5 Å². The quantitative estimate of drug-likeness (QED) is 0.366. The van der Waals surface area contributed by atoms with Crippen molar-refractivity contribution in [1.82, 2.24) is 10.6 Å². The molecule has 0 aromatic heterocycles. The van der Waals surface area contributed by atoms with E-state index in [0.29, 0.717) is 12.1 Å². The number of guanidine groups is 1. The van der Waals surface area contributed by atoms with Crippen LogP contribution in [0.15, 0.2) is 11.3 Å². The Bertz CT molecular complexity index is 559. The average Bonchev–Trinajstić information content (AvgIpc) is 2.99. The maximum absolute atomic E-state index is 12.2. The second-order valence-corrected chi connectivity index (χ2v) is 7.44. The van der Waals surface area contributed by atoms with Gasteiger partial charge in [0.1, 0.15) is 11.6 Å². The van der Waals surface area contributed by atoms with Gasteiger partial charge in [-0.25, -0.2) is 10.1 Å². The molecule has 3 heterocycles. The molecule has 6 heteroatoms. The number of esters is 1. The smallest absolute Gasteiger partial charge is 0.351 e. The molecule has 3 aliphatic heterocycles. The van der Waals surface area contributed by atoms with Gasteiger partial charge in [0, 0.05) is 6.42 Å². The van der Waals surface area contributed by atoms with Gasteiger partial charge in [0.15, 0.2) is 0 Å². The highest BCUT2D eigenvalue weighted by molar-refractivity contribution is 5.93. The van der Waals surface area contributed by atoms with Crippen LogP contribution in [0.4, 0.5) is 0 Å². The van der Waals surface area contributed by atoms with E-state index in [1.54, 1.807) is 0 Å². The third-order valence-electron chi connectivity index (χ3n) is 5.76. The van der Waals surface area contributed by atoms with Crippen LogP contribution < -0.4 is 23.0 Å². The van der Waals surface area contributed by atoms with E-state index in [1.807, 2.05) is 6.92 Å². The molecular formula is C19H32ClN3O2. The number of hydrogen-bond donors (Lipinski definition) is 2. The Labute approximate surface area is 157 Å². The summed E-state index contributed by atoms with van der Waals surface area (Å²) in [4.78, 5) is 12.2. The SMILES string of the molecule is CCCCCCC[C@@H]1C[C@@H]2CC[C@H]3C(C(=O)OC)=C(C)NC(=[N+]23)N1.[Cl-]. The molecule has 0 aliphatic carbocycles. The molecule has 0 saturated carbocycles. The molecular weight excluding hydrogens is 338 g/mol. The van der Waals surface area contributed by atoms with E-state index in [1.165, 1.54) is 52.1 Å². The number of carbonyl (C=O) groups is 1. The van der Waals surface area contributed by atoms with Crippen LogP contribution in [0.3, 0.4) is 0 Å². The minimum absolute atomic E-state index is 0. The maximum atomic E-state index is 12.2. The van der Waals surface area contributed by atoms with E-state index in [0.717, 1.165) is 30.1 Å². The molecule has 0 aromatic carbocycles. The number of allylic oxidation sites excluding steroid dienone is 1. The van der Waals surface area contributed by atoms with Gasteiger partial charge in [-0.2, -0.15) is 0 Å². The lowest BCUT2D eigenvalue weighted by atomic mass is 9.98. The molecule has 1 saturated heterocycles. The van der Waals surface area contributed by atoms with E-state index < -0.39 is 0 Å². The largest absolute Gasteiger partial charge is 1.00 e. The summed E-state index contributed by atoms with van der Waals surface area (Å²) in [6.45, 7) is 4.25. The van der Waals surface area contributed by atoms with Gasteiger partial charge in [-0.3, -0.25) is 9.89 Å². The lowest BCUT2D eigenvalue weighted by Crippen LogP contribution is -3.00. The van der Waals surface area contributed by atoms with Crippen LogP contribution in [-0.4, -0.2) is 41.7 Å². The van der Waals surface area contributed by atoms with Crippen LogP contribution in [-0.2, 0) is 9.53 Å². The third kappa shape index (κ3) is 4.13. The molecule has 142 valence electrons. The number of nitrogens with zero attached hydrogens (tertiary/aromatic N) is 1. The monoisotopic (exact) mass is 369 g/mol. The van der Waals surface area contributed by atoms with Gasteiger partial charge in [-0.1, -0.05) is 39.0 Å². The maximum Gasteiger partial charge on any atom is 0.351 e. The number of hydrogen-bond acceptors (Lipinski definition) is 4. The highest BCUT2D eigenvalue weighted by Gasteiger charge is 2.47. The Morgan fingerprint density at radius 3 is 2.72 bits per heavy atom. The summed E-state index contributed by atoms with van der Waals surface area (Å²) in [7, 11) is 1.47. The first-order valence-electron chi connectivity index (χ1n) is 9.63. The highest BCUT2D eigenvalue weighted by atomic mass is 35.5. The molecule has 5 nitrogen and oxygen atoms in total. The average molecular weight is 370 g/mol. The Morgan fingerprint density at radius 2 is 2.00 bits per heavy atom. The van der Waals surface area contributed by atoms with Crippen LogP contribution in [0.5, 0.6) is 0 Å². The zero-order chi connectivity index (χ0) is 17.1. The van der Waals surface area contributed by atoms with Crippen molar-refractivity contribution in [3.63, 3.8) is 0 Å². The summed E-state index contributed by atoms with van der Waals surface area (Å²) < 4.78 is 7.40. The van der Waals surface area contributed by atoms with E-state index in [9.17, 15) is 4.79 Å². The molecule has 3 atom stereocenters. The summed E-state index contributed by atoms with van der Waals surface area (Å²) >= 11 is 0. The van der Waals surface area contributed by atoms with Crippen molar-refractivity contribution >= 4 is 11.9 Å². The fourth-order valence-corrected chi connectivity index (χ4v) is 4.57. The summed E-state index contributed by atoms with van der Waals surface area (Å²) in [5.74, 6) is 0.917. The van der Waals surface area contributed by atoms with Gasteiger partial charge in [0.05, 0.1) is 24.9 Å². The first kappa shape index (κ1) is 20.1. The van der Waals surface area contributed by atoms with Gasteiger partial charge >= 0.3 is 11.9 Å². The van der Waals surface area contributed by atoms with Crippen LogP contribution in [0.1, 0.15) is 71.6 Å². The van der Waals surface area contributed by atoms with Crippen molar-refractivity contribution in [2.24, 2.45) is 0 Å². The van der Waals surface area contributed by atoms with Crippen LogP contribution in [0.25, 0.3) is 0 Å². The van der Waals surface area contributed by atoms with E-state index in [2.05, 4.69) is 22.1 Å². The number of unbranched alkanes of at least 4 members (excludes halogenated alkanes) is 4. The zero-order valence-corrected chi connectivity index (χ0v) is 16.5. The van der Waals surface area contributed by atoms with Crippen LogP contribution in [0, 0.1) is 0 Å². The Morgan fingerprint density at radius 1 is 1.24 bits per heavy atom. The number of nitrogens with one attached hydrogen (secondary N) is 2. The number of halogens is 1. The number of rotatable bonds is 7. The fraction of sp³-hybridized carbons (Fsp3) is 0.789. The molecule has 0 radical (unpaired) electrons. The van der Waals surface area contributed by atoms with Crippen molar-refractivity contribution in [2.45, 2.75) is 89.8 Å². The fourth-order valence-electron chi connectivity index (χ4n) is 4.57. The molecule has 0 aromatic rings. The van der Waals surface area contributed by atoms with Gasteiger partial charge in [-0.15, -0.1) is 0 Å². The molecule has 0 amide bonds. The van der Waals surface area contributed by atoms with Gasteiger partial charge in [0.25, 0.3) is 0 Å². The van der Waals surface area contributed by atoms with Gasteiger partial charge in [0.2, 0.25) is 0 Å². The molecule has 3 rings (SSSR count). The molecule has 0 spiro atoms. The van der Waals surface area contributed by atoms with E-state index in [-0.39, 0.29) is 24.4 Å². The summed E-state index contributed by atoms with van der Waals surface area (Å²) in [6, 6.07) is 1.28. The molecule has 3 aliphatic rings. The minimum Gasteiger partial charge on any atom is -1.00 e. The topological polar surface area (TPSA) is 53.4 Å². The summed E-state index contributed by atoms with van der Waals surface area (Å²) in [5.41, 5.74) is 1.75. The normalized spacial score (nSPS) is 27.2. The Kier molecular flexibility index (Phi) is 7.17. The van der Waals surface area contributed by atoms with Crippen molar-refractivity contribution in [3.8, 4) is 0 Å². The second kappa shape index (κ2) is 8.93. The molecule has 0 unspecified atom stereocenters. The predicted molar refractivity (Wildman–Crippen MR) is 94.8 cm³/mol. The van der Waals surface area contributed by atoms with Crippen molar-refractivity contribution in [2.75, 3.05) is 7.11 Å². The Hall–Kier alpha value is -1.23. The van der Waals surface area contributed by atoms with E-state index in [4.69, 9.17) is 4.74 Å². The molecule has 2 N–H and O–H groups in total. The minimum atomic E-state index is -0.192. The van der Waals surface area contributed by atoms with E-state index >= 15 is 0 Å². The number of methoxy groups -OCH3 is 1. The molecule has 1 fully saturated rings. The van der Waals surface area contributed by atoms with Crippen LogP contribution >= 0.6 is 0 Å². The lowest BCUT2D eigenvalue weighted by molar-refractivity contribution is -0.580. The standard InChI is InChI=1S/C19H31N3O2.ClH/c1-4-5-6-7-8-9-14-12-15-10-11-16-17(18(23)24-3)13(2)20-19(21-14)22(15)16;/h14-16H,4-12H2,1-3H3,(H,20,21,23);1H/t14-,15+,16+;/m1./s1. The first-order chi connectivity index (χ1) is 11.7. The van der Waals surface area contributed by atoms with Crippen LogP contribution in [0.2, 0.25) is 0 Å². The highest BCUT2D eigenvalue weighted by Crippen LogP contribution is 2.34. The number of carbonyl (C=O) groups excluding carboxylic acids is 1. The number of ether oxygens (including phenoxy) is 1. The van der Waals surface area contributed by atoms with Crippen molar-refractivity contribution in [1.29, 1.82) is 0 Å². The lowest BCUT2D eigenvalue weighted by Gasteiger charge is -2.33. The van der Waals surface area contributed by atoms with Gasteiger partial charge in [-0.05, 0) is 26.2 Å². The molecule has 25 heavy (non-hydrogen) atoms.